The largest absolute Gasteiger partial charge is 0.381 e. The van der Waals surface area contributed by atoms with E-state index in [9.17, 15) is 13.2 Å². The first kappa shape index (κ1) is 42.7. The van der Waals surface area contributed by atoms with Gasteiger partial charge in [0.2, 0.25) is 0 Å². The van der Waals surface area contributed by atoms with E-state index in [4.69, 9.17) is 11.6 Å². The third-order valence-corrected chi connectivity index (χ3v) is 16.9. The number of benzene rings is 3. The number of allylic oxidation sites excluding steroid dienone is 1. The highest BCUT2D eigenvalue weighted by molar-refractivity contribution is 7.99. The minimum Gasteiger partial charge on any atom is -0.381 e. The number of alkyl halides is 1. The minimum absolute atomic E-state index is 0.0768. The van der Waals surface area contributed by atoms with Gasteiger partial charge in [0.15, 0.2) is 0 Å². The number of aryl methyl sites for hydroxylation is 1. The molecule has 0 radical (unpaired) electrons. The topological polar surface area (TPSA) is 85.0 Å². The molecular formula is C48H64ClN5O3S2. The van der Waals surface area contributed by atoms with Crippen molar-refractivity contribution in [3.05, 3.63) is 95.1 Å². The van der Waals surface area contributed by atoms with Gasteiger partial charge in [0.25, 0.3) is 15.9 Å². The normalized spacial score (nSPS) is 25.5. The van der Waals surface area contributed by atoms with Gasteiger partial charge in [-0.25, -0.2) is 13.1 Å². The van der Waals surface area contributed by atoms with Gasteiger partial charge < -0.3 is 15.1 Å². The van der Waals surface area contributed by atoms with Crippen LogP contribution in [0.4, 0.5) is 11.4 Å². The molecule has 2 saturated heterocycles. The SMILES string of the molecule is Cc1cc(S(=O)(=O)NC(=O)c2ccc(N3CCN(CC4=C(C56CC(Cl)(C5)C6)CCC(C)(C)C4)CC3)cc2)ccc1N[C@H](CCN1CCC(C)CC1)CSc1ccccc1. The number of hydrogen-bond acceptors (Lipinski definition) is 8. The predicted octanol–water partition coefficient (Wildman–Crippen LogP) is 9.60. The zero-order valence-corrected chi connectivity index (χ0v) is 38.0. The Hall–Kier alpha value is -3.02. The van der Waals surface area contributed by atoms with Crippen LogP contribution in [0.3, 0.4) is 0 Å². The monoisotopic (exact) mass is 857 g/mol. The van der Waals surface area contributed by atoms with E-state index in [2.05, 4.69) is 69.8 Å². The van der Waals surface area contributed by atoms with Gasteiger partial charge in [-0.3, -0.25) is 9.69 Å². The summed E-state index contributed by atoms with van der Waals surface area (Å²) in [6, 6.07) is 23.1. The van der Waals surface area contributed by atoms with E-state index in [1.54, 1.807) is 35.4 Å². The molecule has 2 bridgehead atoms. The molecule has 1 amide bonds. The Labute approximate surface area is 363 Å². The molecule has 2 N–H and O–H groups in total. The van der Waals surface area contributed by atoms with Crippen LogP contribution in [0, 0.1) is 23.7 Å². The van der Waals surface area contributed by atoms with E-state index < -0.39 is 15.9 Å². The summed E-state index contributed by atoms with van der Waals surface area (Å²) >= 11 is 8.55. The van der Waals surface area contributed by atoms with Gasteiger partial charge in [0.1, 0.15) is 0 Å². The van der Waals surface area contributed by atoms with Crippen LogP contribution < -0.4 is 14.9 Å². The molecule has 11 heteroatoms. The molecule has 0 spiro atoms. The van der Waals surface area contributed by atoms with Crippen molar-refractivity contribution in [1.29, 1.82) is 0 Å². The molecule has 0 unspecified atom stereocenters. The Morgan fingerprint density at radius 3 is 2.27 bits per heavy atom. The number of nitrogens with one attached hydrogen (secondary N) is 2. The fraction of sp³-hybridized carbons (Fsp3) is 0.562. The highest BCUT2D eigenvalue weighted by Gasteiger charge is 2.68. The zero-order valence-electron chi connectivity index (χ0n) is 35.6. The van der Waals surface area contributed by atoms with Gasteiger partial charge in [0, 0.05) is 77.8 Å². The van der Waals surface area contributed by atoms with Crippen LogP contribution in [0.15, 0.2) is 93.7 Å². The summed E-state index contributed by atoms with van der Waals surface area (Å²) in [5.41, 5.74) is 7.28. The smallest absolute Gasteiger partial charge is 0.264 e. The van der Waals surface area contributed by atoms with Gasteiger partial charge >= 0.3 is 0 Å². The van der Waals surface area contributed by atoms with Crippen LogP contribution in [0.1, 0.15) is 94.5 Å². The van der Waals surface area contributed by atoms with Crippen LogP contribution >= 0.6 is 23.4 Å². The van der Waals surface area contributed by atoms with Crippen LogP contribution in [0.5, 0.6) is 0 Å². The molecule has 0 aromatic heterocycles. The molecule has 9 rings (SSSR count). The van der Waals surface area contributed by atoms with E-state index in [0.29, 0.717) is 16.4 Å². The summed E-state index contributed by atoms with van der Waals surface area (Å²) in [4.78, 5) is 22.3. The molecule has 3 saturated carbocycles. The average Bonchev–Trinajstić information content (AvgIpc) is 3.19. The quantitative estimate of drug-likeness (QED) is 0.0889. The molecule has 6 aliphatic rings. The number of halogens is 1. The van der Waals surface area contributed by atoms with E-state index in [1.165, 1.54) is 56.3 Å². The van der Waals surface area contributed by atoms with Gasteiger partial charge in [-0.2, -0.15) is 0 Å². The minimum atomic E-state index is -4.08. The lowest BCUT2D eigenvalue weighted by atomic mass is 9.39. The summed E-state index contributed by atoms with van der Waals surface area (Å²) in [6.45, 7) is 17.3. The lowest BCUT2D eigenvalue weighted by Crippen LogP contribution is -2.65. The summed E-state index contributed by atoms with van der Waals surface area (Å²) in [5.74, 6) is 1.06. The number of hydrogen-bond donors (Lipinski definition) is 2. The van der Waals surface area contributed by atoms with Crippen molar-refractivity contribution >= 4 is 50.7 Å². The Morgan fingerprint density at radius 2 is 1.61 bits per heavy atom. The van der Waals surface area contributed by atoms with Crippen LogP contribution in [-0.2, 0) is 10.0 Å². The molecule has 2 heterocycles. The molecular weight excluding hydrogens is 794 g/mol. The van der Waals surface area contributed by atoms with Crippen molar-refractivity contribution in [3.8, 4) is 0 Å². The number of piperidine rings is 1. The van der Waals surface area contributed by atoms with Gasteiger partial charge in [-0.15, -0.1) is 23.4 Å². The molecule has 1 atom stereocenters. The van der Waals surface area contributed by atoms with Gasteiger partial charge in [-0.05, 0) is 155 Å². The number of carbonyl (C=O) groups excluding carboxylic acids is 1. The van der Waals surface area contributed by atoms with Crippen LogP contribution in [0.2, 0.25) is 0 Å². The van der Waals surface area contributed by atoms with Crippen molar-refractivity contribution in [2.45, 2.75) is 106 Å². The fourth-order valence-corrected chi connectivity index (χ4v) is 13.2. The standard InChI is InChI=1S/C48H64ClN5O3S2/c1-35-17-21-52(22-18-35)23-19-39(31-58-41-8-6-5-7-9-41)50-44-15-14-42(28-36(44)2)59(56,57)51-45(55)37-10-12-40(13-11-37)54-26-24-53(25-27-54)30-38-29-46(3,4)20-16-43(38)47-32-48(49,33-47)34-47/h5-15,28,35,39,50H,16-27,29-34H2,1-4H3,(H,51,55)/t39-,47?,48?/m1/s1. The number of piperazine rings is 1. The summed E-state index contributed by atoms with van der Waals surface area (Å²) in [7, 11) is -4.08. The van der Waals surface area contributed by atoms with Gasteiger partial charge in [-0.1, -0.05) is 50.1 Å². The van der Waals surface area contributed by atoms with Crippen molar-refractivity contribution in [3.63, 3.8) is 0 Å². The van der Waals surface area contributed by atoms with E-state index in [-0.39, 0.29) is 15.8 Å². The summed E-state index contributed by atoms with van der Waals surface area (Å²) in [6.07, 6.45) is 10.7. The molecule has 318 valence electrons. The van der Waals surface area contributed by atoms with E-state index in [0.717, 1.165) is 87.4 Å². The molecule has 3 aromatic carbocycles. The highest BCUT2D eigenvalue weighted by atomic mass is 35.5. The molecule has 59 heavy (non-hydrogen) atoms. The van der Waals surface area contributed by atoms with Crippen LogP contribution in [-0.4, -0.2) is 93.2 Å². The molecule has 8 nitrogen and oxygen atoms in total. The Bertz CT molecular complexity index is 2090. The maximum Gasteiger partial charge on any atom is 0.264 e. The van der Waals surface area contributed by atoms with E-state index in [1.807, 2.05) is 43.0 Å². The zero-order chi connectivity index (χ0) is 41.4. The number of likely N-dealkylation sites (tertiary alicyclic amines) is 1. The van der Waals surface area contributed by atoms with Crippen molar-refractivity contribution in [2.24, 2.45) is 16.7 Å². The maximum absolute atomic E-state index is 13.5. The molecule has 4 aliphatic carbocycles. The van der Waals surface area contributed by atoms with Crippen molar-refractivity contribution in [1.82, 2.24) is 14.5 Å². The average molecular weight is 859 g/mol. The Kier molecular flexibility index (Phi) is 12.6. The number of sulfonamides is 1. The first-order valence-electron chi connectivity index (χ1n) is 22.0. The fourth-order valence-electron chi connectivity index (χ4n) is 10.4. The first-order valence-corrected chi connectivity index (χ1v) is 24.8. The van der Waals surface area contributed by atoms with E-state index >= 15 is 0 Å². The number of nitrogens with zero attached hydrogens (tertiary/aromatic N) is 3. The maximum atomic E-state index is 13.5. The molecule has 5 fully saturated rings. The molecule has 2 aliphatic heterocycles. The van der Waals surface area contributed by atoms with Crippen molar-refractivity contribution < 1.29 is 13.2 Å². The summed E-state index contributed by atoms with van der Waals surface area (Å²) in [5, 5.41) is 3.74. The number of thioether (sulfide) groups is 1. The lowest BCUT2D eigenvalue weighted by molar-refractivity contribution is -0.0511. The third kappa shape index (κ3) is 10.0. The molecule has 3 aromatic rings. The lowest BCUT2D eigenvalue weighted by Gasteiger charge is -2.70. The number of anilines is 2. The second-order valence-corrected chi connectivity index (χ2v) is 23.0. The Morgan fingerprint density at radius 1 is 0.915 bits per heavy atom. The predicted molar refractivity (Wildman–Crippen MR) is 244 cm³/mol. The van der Waals surface area contributed by atoms with Crippen molar-refractivity contribution in [2.75, 3.05) is 68.3 Å². The number of carbonyl (C=O) groups is 1. The second kappa shape index (κ2) is 17.4. The highest BCUT2D eigenvalue weighted by Crippen LogP contribution is 2.75. The number of amides is 1. The Balaban J connectivity index is 0.846. The van der Waals surface area contributed by atoms with Crippen LogP contribution in [0.25, 0.3) is 0 Å². The third-order valence-electron chi connectivity index (χ3n) is 14.0. The van der Waals surface area contributed by atoms with Gasteiger partial charge in [0.05, 0.1) is 4.90 Å². The first-order chi connectivity index (χ1) is 28.2. The number of rotatable bonds is 15. The second-order valence-electron chi connectivity index (χ2n) is 19.4. The summed E-state index contributed by atoms with van der Waals surface area (Å²) < 4.78 is 29.4.